The summed E-state index contributed by atoms with van der Waals surface area (Å²) in [4.78, 5) is 0. The second-order valence-electron chi connectivity index (χ2n) is 8.58. The normalized spacial score (nSPS) is 38.1. The molecule has 126 valence electrons. The summed E-state index contributed by atoms with van der Waals surface area (Å²) in [7, 11) is 0. The Bertz CT molecular complexity index is 335. The number of allylic oxidation sites excluding steroid dienone is 1. The number of hydrogen-bond acceptors (Lipinski definition) is 1. The third-order valence-corrected chi connectivity index (χ3v) is 6.83. The molecule has 3 aliphatic carbocycles. The molecule has 0 saturated heterocycles. The molecule has 0 radical (unpaired) electrons. The molecule has 0 amide bonds. The van der Waals surface area contributed by atoms with Crippen LogP contribution in [0.5, 0.6) is 0 Å². The highest BCUT2D eigenvalue weighted by Gasteiger charge is 2.29. The summed E-state index contributed by atoms with van der Waals surface area (Å²) in [6, 6.07) is 0. The largest absolute Gasteiger partial charge is 0.378 e. The van der Waals surface area contributed by atoms with Gasteiger partial charge in [0, 0.05) is 6.61 Å². The topological polar surface area (TPSA) is 9.23 Å². The molecule has 0 unspecified atom stereocenters. The molecule has 0 bridgehead atoms. The van der Waals surface area contributed by atoms with Gasteiger partial charge in [-0.05, 0) is 101 Å². The van der Waals surface area contributed by atoms with Crippen molar-refractivity contribution < 1.29 is 4.74 Å². The molecule has 1 nitrogen and oxygen atoms in total. The third-order valence-electron chi connectivity index (χ3n) is 6.83. The van der Waals surface area contributed by atoms with E-state index in [9.17, 15) is 0 Å². The Labute approximate surface area is 137 Å². The van der Waals surface area contributed by atoms with Gasteiger partial charge in [0.1, 0.15) is 0 Å². The molecule has 3 saturated carbocycles. The summed E-state index contributed by atoms with van der Waals surface area (Å²) < 4.78 is 6.25. The van der Waals surface area contributed by atoms with Crippen molar-refractivity contribution in [1.82, 2.24) is 0 Å². The first-order valence-electron chi connectivity index (χ1n) is 9.99. The maximum atomic E-state index is 6.25. The van der Waals surface area contributed by atoms with Gasteiger partial charge in [0.05, 0.1) is 6.10 Å². The van der Waals surface area contributed by atoms with Gasteiger partial charge in [-0.25, -0.2) is 0 Å². The molecule has 0 aromatic carbocycles. The van der Waals surface area contributed by atoms with Crippen LogP contribution in [0.25, 0.3) is 0 Å². The second kappa shape index (κ2) is 7.99. The van der Waals surface area contributed by atoms with Crippen molar-refractivity contribution in [3.8, 4) is 0 Å². The minimum absolute atomic E-state index is 0.582. The van der Waals surface area contributed by atoms with Crippen LogP contribution in [0.15, 0.2) is 12.2 Å². The fourth-order valence-corrected chi connectivity index (χ4v) is 5.01. The van der Waals surface area contributed by atoms with Gasteiger partial charge < -0.3 is 4.74 Å². The van der Waals surface area contributed by atoms with E-state index in [1.165, 1.54) is 82.6 Å². The fourth-order valence-electron chi connectivity index (χ4n) is 5.01. The highest BCUT2D eigenvalue weighted by molar-refractivity contribution is 4.99. The molecule has 0 aromatic heterocycles. The van der Waals surface area contributed by atoms with E-state index in [0.717, 1.165) is 30.3 Å². The zero-order chi connectivity index (χ0) is 15.4. The number of hydrogen-bond donors (Lipinski definition) is 0. The number of rotatable bonds is 4. The molecule has 1 heteroatoms. The summed E-state index contributed by atoms with van der Waals surface area (Å²) in [6.07, 6.45) is 17.2. The van der Waals surface area contributed by atoms with Crippen LogP contribution in [0, 0.1) is 23.7 Å². The quantitative estimate of drug-likeness (QED) is 0.567. The average Bonchev–Trinajstić information content (AvgIpc) is 2.56. The molecule has 3 fully saturated rings. The second-order valence-corrected chi connectivity index (χ2v) is 8.58. The lowest BCUT2D eigenvalue weighted by Gasteiger charge is -2.37. The van der Waals surface area contributed by atoms with Crippen LogP contribution >= 0.6 is 0 Å². The van der Waals surface area contributed by atoms with Crippen molar-refractivity contribution in [1.29, 1.82) is 0 Å². The van der Waals surface area contributed by atoms with E-state index >= 15 is 0 Å². The standard InChI is InChI=1S/C21H36O/c1-16-3-9-19(10-4-16)20-11-7-18(8-12-20)15-22-21-13-5-17(2)6-14-21/h17-21H,1,3-15H2,2H3. The van der Waals surface area contributed by atoms with Crippen molar-refractivity contribution >= 4 is 0 Å². The Morgan fingerprint density at radius 1 is 0.818 bits per heavy atom. The highest BCUT2D eigenvalue weighted by atomic mass is 16.5. The van der Waals surface area contributed by atoms with E-state index in [-0.39, 0.29) is 0 Å². The zero-order valence-electron chi connectivity index (χ0n) is 14.7. The monoisotopic (exact) mass is 304 g/mol. The first kappa shape index (κ1) is 16.6. The van der Waals surface area contributed by atoms with Crippen LogP contribution in [0.1, 0.15) is 84.0 Å². The predicted octanol–water partition coefficient (Wildman–Crippen LogP) is 6.13. The molecule has 0 heterocycles. The van der Waals surface area contributed by atoms with E-state index in [1.54, 1.807) is 0 Å². The van der Waals surface area contributed by atoms with Gasteiger partial charge in [-0.2, -0.15) is 0 Å². The summed E-state index contributed by atoms with van der Waals surface area (Å²) >= 11 is 0. The Kier molecular flexibility index (Phi) is 6.02. The lowest BCUT2D eigenvalue weighted by atomic mass is 9.70. The van der Waals surface area contributed by atoms with Gasteiger partial charge in [-0.1, -0.05) is 19.1 Å². The van der Waals surface area contributed by atoms with Crippen LogP contribution in [-0.4, -0.2) is 12.7 Å². The summed E-state index contributed by atoms with van der Waals surface area (Å²) in [6.45, 7) is 7.60. The van der Waals surface area contributed by atoms with E-state index in [0.29, 0.717) is 6.10 Å². The SMILES string of the molecule is C=C1CCC(C2CCC(COC3CCC(C)CC3)CC2)CC1. The van der Waals surface area contributed by atoms with Gasteiger partial charge >= 0.3 is 0 Å². The first-order chi connectivity index (χ1) is 10.7. The maximum absolute atomic E-state index is 6.25. The smallest absolute Gasteiger partial charge is 0.0575 e. The minimum Gasteiger partial charge on any atom is -0.378 e. The zero-order valence-corrected chi connectivity index (χ0v) is 14.7. The predicted molar refractivity (Wildman–Crippen MR) is 93.9 cm³/mol. The first-order valence-corrected chi connectivity index (χ1v) is 9.99. The minimum atomic E-state index is 0.582. The van der Waals surface area contributed by atoms with Gasteiger partial charge in [-0.3, -0.25) is 0 Å². The van der Waals surface area contributed by atoms with Crippen LogP contribution in [0.3, 0.4) is 0 Å². The fraction of sp³-hybridized carbons (Fsp3) is 0.905. The lowest BCUT2D eigenvalue weighted by molar-refractivity contribution is -0.0105. The van der Waals surface area contributed by atoms with Crippen molar-refractivity contribution in [2.24, 2.45) is 23.7 Å². The Morgan fingerprint density at radius 3 is 2.05 bits per heavy atom. The molecule has 0 atom stereocenters. The van der Waals surface area contributed by atoms with Crippen LogP contribution in [-0.2, 0) is 4.74 Å². The summed E-state index contributed by atoms with van der Waals surface area (Å²) in [5.74, 6) is 3.81. The van der Waals surface area contributed by atoms with Crippen molar-refractivity contribution in [3.05, 3.63) is 12.2 Å². The Hall–Kier alpha value is -0.300. The molecule has 0 N–H and O–H groups in total. The molecule has 3 rings (SSSR count). The van der Waals surface area contributed by atoms with Gasteiger partial charge in [0.25, 0.3) is 0 Å². The van der Waals surface area contributed by atoms with Crippen LogP contribution in [0.2, 0.25) is 0 Å². The maximum Gasteiger partial charge on any atom is 0.0575 e. The van der Waals surface area contributed by atoms with Gasteiger partial charge in [0.2, 0.25) is 0 Å². The average molecular weight is 305 g/mol. The molecular weight excluding hydrogens is 268 g/mol. The Balaban J connectivity index is 1.32. The van der Waals surface area contributed by atoms with Crippen molar-refractivity contribution in [2.45, 2.75) is 90.1 Å². The van der Waals surface area contributed by atoms with Crippen LogP contribution in [0.4, 0.5) is 0 Å². The van der Waals surface area contributed by atoms with Crippen molar-refractivity contribution in [2.75, 3.05) is 6.61 Å². The molecular formula is C21H36O. The summed E-state index contributed by atoms with van der Waals surface area (Å²) in [5.41, 5.74) is 1.50. The number of ether oxygens (including phenoxy) is 1. The van der Waals surface area contributed by atoms with E-state index in [2.05, 4.69) is 13.5 Å². The molecule has 0 aromatic rings. The van der Waals surface area contributed by atoms with Crippen molar-refractivity contribution in [3.63, 3.8) is 0 Å². The lowest BCUT2D eigenvalue weighted by Crippen LogP contribution is -2.28. The third kappa shape index (κ3) is 4.60. The highest BCUT2D eigenvalue weighted by Crippen LogP contribution is 2.41. The molecule has 0 spiro atoms. The van der Waals surface area contributed by atoms with E-state index in [1.807, 2.05) is 0 Å². The van der Waals surface area contributed by atoms with E-state index < -0.39 is 0 Å². The van der Waals surface area contributed by atoms with Gasteiger partial charge in [-0.15, -0.1) is 0 Å². The summed E-state index contributed by atoms with van der Waals surface area (Å²) in [5, 5.41) is 0. The van der Waals surface area contributed by atoms with Crippen LogP contribution < -0.4 is 0 Å². The molecule has 0 aliphatic heterocycles. The Morgan fingerprint density at radius 2 is 1.41 bits per heavy atom. The van der Waals surface area contributed by atoms with Gasteiger partial charge in [0.15, 0.2) is 0 Å². The molecule has 3 aliphatic rings. The van der Waals surface area contributed by atoms with E-state index in [4.69, 9.17) is 4.74 Å². The molecule has 22 heavy (non-hydrogen) atoms.